The summed E-state index contributed by atoms with van der Waals surface area (Å²) in [5.41, 5.74) is 0. The number of benzene rings is 1. The van der Waals surface area contributed by atoms with Gasteiger partial charge in [-0.05, 0) is 49.4 Å². The van der Waals surface area contributed by atoms with Crippen LogP contribution in [-0.4, -0.2) is 43.0 Å². The van der Waals surface area contributed by atoms with Crippen LogP contribution in [0, 0.1) is 5.92 Å². The minimum Gasteiger partial charge on any atom is -0.494 e. The summed E-state index contributed by atoms with van der Waals surface area (Å²) in [7, 11) is 0. The van der Waals surface area contributed by atoms with Crippen LogP contribution < -0.4 is 10.1 Å². The van der Waals surface area contributed by atoms with Gasteiger partial charge in [-0.15, -0.1) is 0 Å². The quantitative estimate of drug-likeness (QED) is 0.718. The van der Waals surface area contributed by atoms with Crippen molar-refractivity contribution in [2.75, 3.05) is 26.2 Å². The Balaban J connectivity index is 1.53. The summed E-state index contributed by atoms with van der Waals surface area (Å²) in [6, 6.07) is 7.14. The molecule has 0 spiro atoms. The second-order valence-electron chi connectivity index (χ2n) is 6.59. The Labute approximate surface area is 154 Å². The van der Waals surface area contributed by atoms with Crippen molar-refractivity contribution < 1.29 is 14.3 Å². The van der Waals surface area contributed by atoms with Crippen molar-refractivity contribution in [1.82, 2.24) is 10.2 Å². The Morgan fingerprint density at radius 1 is 1.28 bits per heavy atom. The van der Waals surface area contributed by atoms with Crippen LogP contribution in [0.25, 0.3) is 0 Å². The van der Waals surface area contributed by atoms with Crippen molar-refractivity contribution >= 4 is 23.4 Å². The maximum atomic E-state index is 12.1. The fraction of sp³-hybridized carbons (Fsp3) is 0.579. The molecule has 1 aliphatic heterocycles. The molecule has 1 heterocycles. The number of carbonyl (C=O) groups excluding carboxylic acids is 2. The third-order valence-corrected chi connectivity index (χ3v) is 4.55. The van der Waals surface area contributed by atoms with Gasteiger partial charge in [-0.3, -0.25) is 9.59 Å². The fourth-order valence-corrected chi connectivity index (χ4v) is 3.05. The van der Waals surface area contributed by atoms with Gasteiger partial charge in [0.05, 0.1) is 6.61 Å². The molecule has 138 valence electrons. The van der Waals surface area contributed by atoms with Gasteiger partial charge >= 0.3 is 0 Å². The number of ether oxygens (including phenoxy) is 1. The average molecular weight is 367 g/mol. The number of nitrogens with zero attached hydrogens (tertiary/aromatic N) is 1. The van der Waals surface area contributed by atoms with Crippen molar-refractivity contribution in [2.45, 2.75) is 39.0 Å². The molecule has 1 aliphatic rings. The van der Waals surface area contributed by atoms with Gasteiger partial charge in [0.1, 0.15) is 5.75 Å². The molecule has 2 rings (SSSR count). The first-order valence-corrected chi connectivity index (χ1v) is 9.35. The van der Waals surface area contributed by atoms with E-state index in [4.69, 9.17) is 16.3 Å². The normalized spacial score (nSPS) is 17.2. The van der Waals surface area contributed by atoms with E-state index in [1.165, 1.54) is 6.42 Å². The van der Waals surface area contributed by atoms with E-state index in [-0.39, 0.29) is 11.8 Å². The van der Waals surface area contributed by atoms with Crippen LogP contribution in [0.4, 0.5) is 0 Å². The third-order valence-electron chi connectivity index (χ3n) is 4.30. The Morgan fingerprint density at radius 2 is 2.04 bits per heavy atom. The van der Waals surface area contributed by atoms with E-state index in [9.17, 15) is 9.59 Å². The summed E-state index contributed by atoms with van der Waals surface area (Å²) in [6.07, 6.45) is 3.67. The largest absolute Gasteiger partial charge is 0.494 e. The second kappa shape index (κ2) is 10.3. The predicted octanol–water partition coefficient (Wildman–Crippen LogP) is 3.26. The molecule has 1 unspecified atom stereocenters. The van der Waals surface area contributed by atoms with E-state index < -0.39 is 0 Å². The predicted molar refractivity (Wildman–Crippen MR) is 98.8 cm³/mol. The zero-order valence-electron chi connectivity index (χ0n) is 14.8. The second-order valence-corrected chi connectivity index (χ2v) is 7.03. The molecule has 0 aliphatic carbocycles. The van der Waals surface area contributed by atoms with E-state index in [0.717, 1.165) is 25.3 Å². The smallest absolute Gasteiger partial charge is 0.224 e. The maximum absolute atomic E-state index is 12.1. The highest BCUT2D eigenvalue weighted by Crippen LogP contribution is 2.16. The SMILES string of the molecule is CC1CCCN(C(=O)CCNC(=O)CCCOc2ccc(Cl)cc2)C1. The molecule has 1 N–H and O–H groups in total. The lowest BCUT2D eigenvalue weighted by Crippen LogP contribution is -2.40. The summed E-state index contributed by atoms with van der Waals surface area (Å²) in [4.78, 5) is 25.8. The number of carbonyl (C=O) groups is 2. The summed E-state index contributed by atoms with van der Waals surface area (Å²) < 4.78 is 5.54. The monoisotopic (exact) mass is 366 g/mol. The molecule has 25 heavy (non-hydrogen) atoms. The van der Waals surface area contributed by atoms with E-state index in [1.54, 1.807) is 24.3 Å². The molecule has 1 aromatic rings. The number of nitrogens with one attached hydrogen (secondary N) is 1. The van der Waals surface area contributed by atoms with Crippen molar-refractivity contribution in [2.24, 2.45) is 5.92 Å². The topological polar surface area (TPSA) is 58.6 Å². The first-order chi connectivity index (χ1) is 12.0. The lowest BCUT2D eigenvalue weighted by molar-refractivity contribution is -0.132. The molecular formula is C19H27ClN2O3. The van der Waals surface area contributed by atoms with Crippen LogP contribution in [-0.2, 0) is 9.59 Å². The van der Waals surface area contributed by atoms with Gasteiger partial charge in [0.15, 0.2) is 0 Å². The van der Waals surface area contributed by atoms with E-state index in [2.05, 4.69) is 12.2 Å². The third kappa shape index (κ3) is 7.34. The molecule has 1 atom stereocenters. The summed E-state index contributed by atoms with van der Waals surface area (Å²) in [5, 5.41) is 3.48. The maximum Gasteiger partial charge on any atom is 0.224 e. The van der Waals surface area contributed by atoms with Gasteiger partial charge < -0.3 is 15.0 Å². The molecule has 0 bridgehead atoms. The van der Waals surface area contributed by atoms with Crippen LogP contribution in [0.15, 0.2) is 24.3 Å². The fourth-order valence-electron chi connectivity index (χ4n) is 2.92. The average Bonchev–Trinajstić information content (AvgIpc) is 2.60. The van der Waals surface area contributed by atoms with Crippen molar-refractivity contribution in [3.05, 3.63) is 29.3 Å². The van der Waals surface area contributed by atoms with E-state index in [1.807, 2.05) is 4.90 Å². The van der Waals surface area contributed by atoms with Crippen molar-refractivity contribution in [3.63, 3.8) is 0 Å². The zero-order valence-corrected chi connectivity index (χ0v) is 15.6. The number of hydrogen-bond donors (Lipinski definition) is 1. The number of likely N-dealkylation sites (tertiary alicyclic amines) is 1. The van der Waals surface area contributed by atoms with Gasteiger partial charge in [0, 0.05) is 37.5 Å². The Morgan fingerprint density at radius 3 is 2.76 bits per heavy atom. The summed E-state index contributed by atoms with van der Waals surface area (Å²) >= 11 is 5.81. The van der Waals surface area contributed by atoms with E-state index in [0.29, 0.717) is 43.4 Å². The van der Waals surface area contributed by atoms with Crippen molar-refractivity contribution in [1.29, 1.82) is 0 Å². The Hall–Kier alpha value is -1.75. The van der Waals surface area contributed by atoms with Crippen LogP contribution in [0.3, 0.4) is 0 Å². The van der Waals surface area contributed by atoms with Gasteiger partial charge in [0.25, 0.3) is 0 Å². The molecule has 2 amide bonds. The molecule has 6 heteroatoms. The van der Waals surface area contributed by atoms with Gasteiger partial charge in [-0.2, -0.15) is 0 Å². The molecule has 1 aromatic carbocycles. The lowest BCUT2D eigenvalue weighted by Gasteiger charge is -2.31. The van der Waals surface area contributed by atoms with E-state index >= 15 is 0 Å². The molecule has 0 saturated carbocycles. The first kappa shape index (κ1) is 19.6. The van der Waals surface area contributed by atoms with Crippen molar-refractivity contribution in [3.8, 4) is 5.75 Å². The molecule has 1 fully saturated rings. The Bertz CT molecular complexity index is 562. The van der Waals surface area contributed by atoms with Crippen LogP contribution in [0.1, 0.15) is 39.0 Å². The van der Waals surface area contributed by atoms with Gasteiger partial charge in [-0.25, -0.2) is 0 Å². The number of amides is 2. The lowest BCUT2D eigenvalue weighted by atomic mass is 10.00. The summed E-state index contributed by atoms with van der Waals surface area (Å²) in [5.74, 6) is 1.41. The number of halogens is 1. The highest BCUT2D eigenvalue weighted by molar-refractivity contribution is 6.30. The number of piperidine rings is 1. The minimum absolute atomic E-state index is 0.0421. The van der Waals surface area contributed by atoms with Crippen LogP contribution >= 0.6 is 11.6 Å². The highest BCUT2D eigenvalue weighted by atomic mass is 35.5. The number of rotatable bonds is 8. The van der Waals surface area contributed by atoms with Gasteiger partial charge in [0.2, 0.25) is 11.8 Å². The van der Waals surface area contributed by atoms with Gasteiger partial charge in [-0.1, -0.05) is 18.5 Å². The minimum atomic E-state index is -0.0421. The summed E-state index contributed by atoms with van der Waals surface area (Å²) in [6.45, 7) is 4.74. The standard InChI is InChI=1S/C19H27ClN2O3/c1-15-4-2-12-22(14-15)19(24)10-11-21-18(23)5-3-13-25-17-8-6-16(20)7-9-17/h6-9,15H,2-5,10-14H2,1H3,(H,21,23). The zero-order chi connectivity index (χ0) is 18.1. The number of hydrogen-bond acceptors (Lipinski definition) is 3. The van der Waals surface area contributed by atoms with Crippen LogP contribution in [0.2, 0.25) is 5.02 Å². The van der Waals surface area contributed by atoms with Crippen LogP contribution in [0.5, 0.6) is 5.75 Å². The molecule has 1 saturated heterocycles. The molecule has 5 nitrogen and oxygen atoms in total. The highest BCUT2D eigenvalue weighted by Gasteiger charge is 2.20. The molecule has 0 aromatic heterocycles. The first-order valence-electron chi connectivity index (χ1n) is 8.97. The molecular weight excluding hydrogens is 340 g/mol. The molecule has 0 radical (unpaired) electrons. The Kier molecular flexibility index (Phi) is 8.06.